The standard InChI is InChI=1S/C21H22O4/c1-23-19-10-6-15-4-8-18(9-5-15)25-21-12-16(3-7-17(22)13-19)11-20(14-21)24-2/h4-5,8-9,11-14H,3,6-7,10H2,1-2H3/b19-13-. The Morgan fingerprint density at radius 1 is 0.800 bits per heavy atom. The highest BCUT2D eigenvalue weighted by Crippen LogP contribution is 2.28. The fourth-order valence-electron chi connectivity index (χ4n) is 2.83. The highest BCUT2D eigenvalue weighted by Gasteiger charge is 2.09. The maximum atomic E-state index is 12.2. The van der Waals surface area contributed by atoms with Crippen LogP contribution in [0.2, 0.25) is 0 Å². The number of methoxy groups -OCH3 is 2. The SMILES string of the molecule is CO/C1=C\C(=O)CCc2cc(OC)cc(c2)Oc2ccc(cc2)CC1. The van der Waals surface area contributed by atoms with E-state index < -0.39 is 0 Å². The van der Waals surface area contributed by atoms with Gasteiger partial charge in [-0.3, -0.25) is 4.79 Å². The minimum Gasteiger partial charge on any atom is -0.501 e. The number of fused-ring (bicyclic) bond motifs is 7. The van der Waals surface area contributed by atoms with Crippen molar-refractivity contribution in [3.63, 3.8) is 0 Å². The molecule has 4 heteroatoms. The zero-order chi connectivity index (χ0) is 17.6. The first kappa shape index (κ1) is 17.1. The molecule has 0 radical (unpaired) electrons. The summed E-state index contributed by atoms with van der Waals surface area (Å²) in [7, 11) is 3.23. The van der Waals surface area contributed by atoms with Crippen LogP contribution in [-0.4, -0.2) is 20.0 Å². The van der Waals surface area contributed by atoms with Crippen molar-refractivity contribution in [2.45, 2.75) is 25.7 Å². The molecular formula is C21H22O4. The lowest BCUT2D eigenvalue weighted by Gasteiger charge is -2.11. The average molecular weight is 338 g/mol. The highest BCUT2D eigenvalue weighted by molar-refractivity contribution is 5.90. The summed E-state index contributed by atoms with van der Waals surface area (Å²) in [4.78, 5) is 12.2. The van der Waals surface area contributed by atoms with E-state index in [2.05, 4.69) is 0 Å². The van der Waals surface area contributed by atoms with Crippen LogP contribution >= 0.6 is 0 Å². The van der Waals surface area contributed by atoms with Crippen LogP contribution in [0.1, 0.15) is 24.0 Å². The summed E-state index contributed by atoms with van der Waals surface area (Å²) >= 11 is 0. The van der Waals surface area contributed by atoms with Crippen LogP contribution in [0.3, 0.4) is 0 Å². The number of allylic oxidation sites excluding steroid dienone is 2. The van der Waals surface area contributed by atoms with Gasteiger partial charge in [-0.2, -0.15) is 0 Å². The summed E-state index contributed by atoms with van der Waals surface area (Å²) in [6, 6.07) is 13.7. The van der Waals surface area contributed by atoms with Gasteiger partial charge in [-0.25, -0.2) is 0 Å². The Morgan fingerprint density at radius 2 is 1.56 bits per heavy atom. The molecule has 25 heavy (non-hydrogen) atoms. The second kappa shape index (κ2) is 7.88. The van der Waals surface area contributed by atoms with Gasteiger partial charge in [-0.1, -0.05) is 12.1 Å². The summed E-state index contributed by atoms with van der Waals surface area (Å²) in [5, 5.41) is 0. The third kappa shape index (κ3) is 4.63. The average Bonchev–Trinajstić information content (AvgIpc) is 2.64. The van der Waals surface area contributed by atoms with Crippen molar-refractivity contribution in [3.05, 3.63) is 65.4 Å². The van der Waals surface area contributed by atoms with Crippen molar-refractivity contribution in [1.29, 1.82) is 0 Å². The first-order valence-electron chi connectivity index (χ1n) is 8.38. The van der Waals surface area contributed by atoms with E-state index in [-0.39, 0.29) is 5.78 Å². The van der Waals surface area contributed by atoms with Gasteiger partial charge in [0, 0.05) is 25.0 Å². The van der Waals surface area contributed by atoms with Gasteiger partial charge in [0.05, 0.1) is 20.0 Å². The molecule has 2 heterocycles. The number of hydrogen-bond donors (Lipinski definition) is 0. The molecule has 4 nitrogen and oxygen atoms in total. The largest absolute Gasteiger partial charge is 0.501 e. The van der Waals surface area contributed by atoms with Gasteiger partial charge in [0.25, 0.3) is 0 Å². The fourth-order valence-corrected chi connectivity index (χ4v) is 2.83. The van der Waals surface area contributed by atoms with Crippen LogP contribution in [-0.2, 0) is 22.4 Å². The molecule has 0 aromatic heterocycles. The summed E-state index contributed by atoms with van der Waals surface area (Å²) in [5.74, 6) is 2.97. The van der Waals surface area contributed by atoms with Crippen LogP contribution in [0, 0.1) is 0 Å². The Hall–Kier alpha value is -2.75. The predicted molar refractivity (Wildman–Crippen MR) is 96.3 cm³/mol. The molecule has 0 aliphatic carbocycles. The monoisotopic (exact) mass is 338 g/mol. The van der Waals surface area contributed by atoms with Crippen LogP contribution in [0.4, 0.5) is 0 Å². The van der Waals surface area contributed by atoms with Gasteiger partial charge in [0.1, 0.15) is 17.2 Å². The van der Waals surface area contributed by atoms with Crippen molar-refractivity contribution in [2.75, 3.05) is 14.2 Å². The zero-order valence-corrected chi connectivity index (χ0v) is 14.6. The number of ether oxygens (including phenoxy) is 3. The summed E-state index contributed by atoms with van der Waals surface area (Å²) in [5.41, 5.74) is 2.17. The molecular weight excluding hydrogens is 316 g/mol. The lowest BCUT2D eigenvalue weighted by atomic mass is 10.1. The minimum atomic E-state index is 0.0618. The van der Waals surface area contributed by atoms with E-state index in [1.807, 2.05) is 42.5 Å². The number of benzene rings is 2. The van der Waals surface area contributed by atoms with Crippen LogP contribution < -0.4 is 9.47 Å². The normalized spacial score (nSPS) is 16.9. The highest BCUT2D eigenvalue weighted by atomic mass is 16.5. The van der Waals surface area contributed by atoms with Gasteiger partial charge in [-0.15, -0.1) is 0 Å². The molecule has 2 aliphatic rings. The van der Waals surface area contributed by atoms with E-state index >= 15 is 0 Å². The lowest BCUT2D eigenvalue weighted by Crippen LogP contribution is -2.01. The van der Waals surface area contributed by atoms with E-state index in [4.69, 9.17) is 14.2 Å². The second-order valence-electron chi connectivity index (χ2n) is 6.04. The van der Waals surface area contributed by atoms with Crippen molar-refractivity contribution in [1.82, 2.24) is 0 Å². The van der Waals surface area contributed by atoms with Crippen LogP contribution in [0.5, 0.6) is 17.2 Å². The third-order valence-corrected chi connectivity index (χ3v) is 4.24. The van der Waals surface area contributed by atoms with Gasteiger partial charge in [-0.05, 0) is 48.2 Å². The number of hydrogen-bond acceptors (Lipinski definition) is 4. The maximum absolute atomic E-state index is 12.2. The quantitative estimate of drug-likeness (QED) is 0.811. The molecule has 0 N–H and O–H groups in total. The molecule has 130 valence electrons. The summed E-state index contributed by atoms with van der Waals surface area (Å²) in [6.45, 7) is 0. The fraction of sp³-hybridized carbons (Fsp3) is 0.286. The molecule has 0 saturated heterocycles. The molecule has 0 amide bonds. The van der Waals surface area contributed by atoms with Crippen molar-refractivity contribution >= 4 is 5.78 Å². The van der Waals surface area contributed by atoms with E-state index in [1.165, 1.54) is 5.56 Å². The molecule has 2 aromatic carbocycles. The molecule has 0 fully saturated rings. The minimum absolute atomic E-state index is 0.0618. The third-order valence-electron chi connectivity index (χ3n) is 4.24. The van der Waals surface area contributed by atoms with Gasteiger partial charge in [0.2, 0.25) is 0 Å². The molecule has 2 aromatic rings. The maximum Gasteiger partial charge on any atom is 0.159 e. The predicted octanol–water partition coefficient (Wildman–Crippen LogP) is 4.47. The lowest BCUT2D eigenvalue weighted by molar-refractivity contribution is -0.114. The van der Waals surface area contributed by atoms with Gasteiger partial charge in [0.15, 0.2) is 5.78 Å². The van der Waals surface area contributed by atoms with Crippen LogP contribution in [0.15, 0.2) is 54.3 Å². The molecule has 0 saturated carbocycles. The molecule has 4 rings (SSSR count). The Morgan fingerprint density at radius 3 is 2.28 bits per heavy atom. The smallest absolute Gasteiger partial charge is 0.159 e. The van der Waals surface area contributed by atoms with Gasteiger partial charge >= 0.3 is 0 Å². The molecule has 0 unspecified atom stereocenters. The number of aryl methyl sites for hydroxylation is 2. The van der Waals surface area contributed by atoms with Crippen molar-refractivity contribution in [3.8, 4) is 17.2 Å². The number of carbonyl (C=O) groups is 1. The zero-order valence-electron chi connectivity index (χ0n) is 14.6. The first-order valence-corrected chi connectivity index (χ1v) is 8.38. The summed E-state index contributed by atoms with van der Waals surface area (Å²) < 4.78 is 16.7. The van der Waals surface area contributed by atoms with E-state index in [9.17, 15) is 4.79 Å². The van der Waals surface area contributed by atoms with E-state index in [0.717, 1.165) is 17.7 Å². The van der Waals surface area contributed by atoms with E-state index in [0.29, 0.717) is 36.5 Å². The van der Waals surface area contributed by atoms with Gasteiger partial charge < -0.3 is 14.2 Å². The molecule has 4 bridgehead atoms. The molecule has 0 atom stereocenters. The Labute approximate surface area is 148 Å². The summed E-state index contributed by atoms with van der Waals surface area (Å²) in [6.07, 6.45) is 4.17. The topological polar surface area (TPSA) is 44.8 Å². The van der Waals surface area contributed by atoms with Crippen molar-refractivity contribution < 1.29 is 19.0 Å². The Balaban J connectivity index is 1.96. The van der Waals surface area contributed by atoms with E-state index in [1.54, 1.807) is 20.3 Å². The van der Waals surface area contributed by atoms with Crippen molar-refractivity contribution in [2.24, 2.45) is 0 Å². The Bertz CT molecular complexity index is 775. The molecule has 0 spiro atoms. The first-order chi connectivity index (χ1) is 12.2. The Kier molecular flexibility index (Phi) is 5.39. The number of ketones is 1. The second-order valence-corrected chi connectivity index (χ2v) is 6.04. The molecule has 2 aliphatic heterocycles. The van der Waals surface area contributed by atoms with Crippen LogP contribution in [0.25, 0.3) is 0 Å². The number of rotatable bonds is 2. The number of carbonyl (C=O) groups excluding carboxylic acids is 1.